The zero-order valence-corrected chi connectivity index (χ0v) is 12.8. The highest BCUT2D eigenvalue weighted by Gasteiger charge is 2.14. The number of aliphatic hydroxyl groups is 1. The Morgan fingerprint density at radius 3 is 2.75 bits per heavy atom. The lowest BCUT2D eigenvalue weighted by Gasteiger charge is -2.06. The molecule has 108 valence electrons. The fraction of sp³-hybridized carbons (Fsp3) is 0.417. The highest BCUT2D eigenvalue weighted by molar-refractivity contribution is 7.99. The van der Waals surface area contributed by atoms with Crippen molar-refractivity contribution in [1.82, 2.24) is 14.8 Å². The van der Waals surface area contributed by atoms with Crippen LogP contribution in [0, 0.1) is 13.8 Å². The van der Waals surface area contributed by atoms with Crippen molar-refractivity contribution in [3.63, 3.8) is 0 Å². The molecule has 0 atom stereocenters. The zero-order chi connectivity index (χ0) is 14.7. The summed E-state index contributed by atoms with van der Waals surface area (Å²) < 4.78 is 1.76. The van der Waals surface area contributed by atoms with E-state index < -0.39 is 5.97 Å². The number of aromatic nitrogens is 3. The summed E-state index contributed by atoms with van der Waals surface area (Å²) in [6, 6.07) is 2.09. The number of thioether (sulfide) groups is 1. The van der Waals surface area contributed by atoms with Gasteiger partial charge in [0.1, 0.15) is 6.61 Å². The van der Waals surface area contributed by atoms with Gasteiger partial charge >= 0.3 is 5.97 Å². The standard InChI is InChI=1S/C12H15N3O3S2/c1-7-3-9(20-8(7)2)4-15-10(5-16)13-14-12(15)19-6-11(17)18/h3,16H,4-6H2,1-2H3,(H,17,18). The first-order valence-corrected chi connectivity index (χ1v) is 7.75. The Morgan fingerprint density at radius 1 is 1.45 bits per heavy atom. The maximum atomic E-state index is 10.6. The van der Waals surface area contributed by atoms with E-state index in [0.29, 0.717) is 17.5 Å². The Hall–Kier alpha value is -1.38. The topological polar surface area (TPSA) is 88.2 Å². The maximum absolute atomic E-state index is 10.6. The number of aryl methyl sites for hydroxylation is 2. The Balaban J connectivity index is 2.23. The van der Waals surface area contributed by atoms with Crippen molar-refractivity contribution >= 4 is 29.1 Å². The fourth-order valence-electron chi connectivity index (χ4n) is 1.71. The van der Waals surface area contributed by atoms with Gasteiger partial charge in [0.15, 0.2) is 11.0 Å². The van der Waals surface area contributed by atoms with E-state index in [1.54, 1.807) is 15.9 Å². The number of carboxylic acids is 1. The lowest BCUT2D eigenvalue weighted by Crippen LogP contribution is -2.07. The summed E-state index contributed by atoms with van der Waals surface area (Å²) in [6.07, 6.45) is 0. The van der Waals surface area contributed by atoms with E-state index in [-0.39, 0.29) is 12.4 Å². The molecule has 2 aromatic rings. The summed E-state index contributed by atoms with van der Waals surface area (Å²) in [5, 5.41) is 26.4. The van der Waals surface area contributed by atoms with Crippen LogP contribution in [0.15, 0.2) is 11.2 Å². The van der Waals surface area contributed by atoms with E-state index in [0.717, 1.165) is 16.6 Å². The third-order valence-corrected chi connectivity index (χ3v) is 4.88. The van der Waals surface area contributed by atoms with Gasteiger partial charge in [0.05, 0.1) is 12.3 Å². The van der Waals surface area contributed by atoms with Crippen LogP contribution in [0.1, 0.15) is 21.1 Å². The lowest BCUT2D eigenvalue weighted by atomic mass is 10.3. The molecule has 0 aromatic carbocycles. The molecule has 2 heterocycles. The normalized spacial score (nSPS) is 10.9. The van der Waals surface area contributed by atoms with Gasteiger partial charge in [-0.3, -0.25) is 9.36 Å². The number of carboxylic acid groups (broad SMARTS) is 1. The fourth-order valence-corrected chi connectivity index (χ4v) is 3.43. The van der Waals surface area contributed by atoms with E-state index in [1.807, 2.05) is 0 Å². The monoisotopic (exact) mass is 313 g/mol. The number of carbonyl (C=O) groups is 1. The number of aliphatic carboxylic acids is 1. The Morgan fingerprint density at radius 2 is 2.20 bits per heavy atom. The first kappa shape index (κ1) is 15.0. The minimum absolute atomic E-state index is 0.0773. The molecule has 0 radical (unpaired) electrons. The van der Waals surface area contributed by atoms with Gasteiger partial charge in [0.2, 0.25) is 0 Å². The predicted octanol–water partition coefficient (Wildman–Crippen LogP) is 1.67. The molecule has 0 aliphatic carbocycles. The van der Waals surface area contributed by atoms with Gasteiger partial charge in [-0.25, -0.2) is 0 Å². The van der Waals surface area contributed by atoms with E-state index >= 15 is 0 Å². The highest BCUT2D eigenvalue weighted by atomic mass is 32.2. The van der Waals surface area contributed by atoms with Crippen molar-refractivity contribution in [2.24, 2.45) is 0 Å². The molecule has 0 aliphatic rings. The molecule has 0 amide bonds. The van der Waals surface area contributed by atoms with Crippen molar-refractivity contribution in [3.8, 4) is 0 Å². The molecule has 8 heteroatoms. The third-order valence-electron chi connectivity index (χ3n) is 2.79. The van der Waals surface area contributed by atoms with Crippen LogP contribution in [0.3, 0.4) is 0 Å². The molecule has 0 bridgehead atoms. The SMILES string of the molecule is Cc1cc(Cn2c(CO)nnc2SCC(=O)O)sc1C. The van der Waals surface area contributed by atoms with Crippen LogP contribution < -0.4 is 0 Å². The molecule has 0 unspecified atom stereocenters. The molecule has 0 aliphatic heterocycles. The van der Waals surface area contributed by atoms with Crippen LogP contribution in [0.4, 0.5) is 0 Å². The van der Waals surface area contributed by atoms with Crippen LogP contribution in [-0.2, 0) is 17.9 Å². The highest BCUT2D eigenvalue weighted by Crippen LogP contribution is 2.24. The summed E-state index contributed by atoms with van der Waals surface area (Å²) in [5.41, 5.74) is 1.23. The average Bonchev–Trinajstić information content (AvgIpc) is 2.91. The van der Waals surface area contributed by atoms with Gasteiger partial charge in [-0.2, -0.15) is 0 Å². The smallest absolute Gasteiger partial charge is 0.313 e. The van der Waals surface area contributed by atoms with Crippen molar-refractivity contribution in [3.05, 3.63) is 27.2 Å². The first-order chi connectivity index (χ1) is 9.51. The van der Waals surface area contributed by atoms with Crippen LogP contribution >= 0.6 is 23.1 Å². The van der Waals surface area contributed by atoms with Gasteiger partial charge in [0.25, 0.3) is 0 Å². The van der Waals surface area contributed by atoms with E-state index in [1.165, 1.54) is 10.4 Å². The molecule has 0 saturated carbocycles. The van der Waals surface area contributed by atoms with Gasteiger partial charge in [-0.15, -0.1) is 21.5 Å². The van der Waals surface area contributed by atoms with E-state index in [2.05, 4.69) is 30.1 Å². The molecule has 0 fully saturated rings. The van der Waals surface area contributed by atoms with Gasteiger partial charge in [-0.1, -0.05) is 11.8 Å². The lowest BCUT2D eigenvalue weighted by molar-refractivity contribution is -0.133. The average molecular weight is 313 g/mol. The van der Waals surface area contributed by atoms with Gasteiger partial charge in [0, 0.05) is 9.75 Å². The minimum Gasteiger partial charge on any atom is -0.481 e. The number of rotatable bonds is 6. The van der Waals surface area contributed by atoms with Crippen LogP contribution in [-0.4, -0.2) is 36.7 Å². The van der Waals surface area contributed by atoms with Crippen LogP contribution in [0.2, 0.25) is 0 Å². The molecule has 0 saturated heterocycles. The Kier molecular flexibility index (Phi) is 4.79. The summed E-state index contributed by atoms with van der Waals surface area (Å²) in [4.78, 5) is 13.0. The molecular formula is C12H15N3O3S2. The Bertz CT molecular complexity index is 602. The van der Waals surface area contributed by atoms with Crippen LogP contribution in [0.25, 0.3) is 0 Å². The zero-order valence-electron chi connectivity index (χ0n) is 11.2. The molecule has 20 heavy (non-hydrogen) atoms. The van der Waals surface area contributed by atoms with E-state index in [4.69, 9.17) is 5.11 Å². The quantitative estimate of drug-likeness (QED) is 0.789. The molecule has 6 nitrogen and oxygen atoms in total. The second kappa shape index (κ2) is 6.38. The number of hydrogen-bond acceptors (Lipinski definition) is 6. The predicted molar refractivity (Wildman–Crippen MR) is 77.2 cm³/mol. The molecule has 2 aromatic heterocycles. The first-order valence-electron chi connectivity index (χ1n) is 5.94. The number of hydrogen-bond donors (Lipinski definition) is 2. The minimum atomic E-state index is -0.905. The summed E-state index contributed by atoms with van der Waals surface area (Å²) in [5.74, 6) is -0.536. The van der Waals surface area contributed by atoms with Crippen molar-refractivity contribution in [1.29, 1.82) is 0 Å². The second-order valence-corrected chi connectivity index (χ2v) is 6.56. The van der Waals surface area contributed by atoms with Crippen molar-refractivity contribution in [2.45, 2.75) is 32.2 Å². The summed E-state index contributed by atoms with van der Waals surface area (Å²) >= 11 is 2.79. The number of nitrogens with zero attached hydrogens (tertiary/aromatic N) is 3. The van der Waals surface area contributed by atoms with Crippen molar-refractivity contribution in [2.75, 3.05) is 5.75 Å². The number of aliphatic hydroxyl groups excluding tert-OH is 1. The second-order valence-electron chi connectivity index (χ2n) is 4.28. The molecule has 2 rings (SSSR count). The number of thiophene rings is 1. The molecule has 2 N–H and O–H groups in total. The van der Waals surface area contributed by atoms with Crippen molar-refractivity contribution < 1.29 is 15.0 Å². The van der Waals surface area contributed by atoms with Crippen LogP contribution in [0.5, 0.6) is 0 Å². The van der Waals surface area contributed by atoms with Gasteiger partial charge < -0.3 is 10.2 Å². The molecular weight excluding hydrogens is 298 g/mol. The molecule has 0 spiro atoms. The summed E-state index contributed by atoms with van der Waals surface area (Å²) in [6.45, 7) is 4.44. The largest absolute Gasteiger partial charge is 0.481 e. The third kappa shape index (κ3) is 3.38. The van der Waals surface area contributed by atoms with Gasteiger partial charge in [-0.05, 0) is 25.5 Å². The Labute approximate surface area is 124 Å². The van der Waals surface area contributed by atoms with E-state index in [9.17, 15) is 9.90 Å². The summed E-state index contributed by atoms with van der Waals surface area (Å²) in [7, 11) is 0. The maximum Gasteiger partial charge on any atom is 0.313 e.